The van der Waals surface area contributed by atoms with E-state index in [2.05, 4.69) is 16.3 Å². The van der Waals surface area contributed by atoms with Crippen LogP contribution in [0.3, 0.4) is 0 Å². The second kappa shape index (κ2) is 8.49. The Bertz CT molecular complexity index is 875. The van der Waals surface area contributed by atoms with Crippen molar-refractivity contribution < 1.29 is 18.3 Å². The molecule has 0 bridgehead atoms. The van der Waals surface area contributed by atoms with E-state index in [1.165, 1.54) is 25.0 Å². The largest absolute Gasteiger partial charge is 0.381 e. The summed E-state index contributed by atoms with van der Waals surface area (Å²) in [6.07, 6.45) is 3.09. The predicted molar refractivity (Wildman–Crippen MR) is 108 cm³/mol. The van der Waals surface area contributed by atoms with E-state index in [0.29, 0.717) is 32.6 Å². The first-order chi connectivity index (χ1) is 14.1. The van der Waals surface area contributed by atoms with Gasteiger partial charge in [-0.2, -0.15) is 0 Å². The first kappa shape index (κ1) is 19.8. The van der Waals surface area contributed by atoms with Gasteiger partial charge >= 0.3 is 0 Å². The third-order valence-corrected chi connectivity index (χ3v) is 6.11. The number of hydrogen-bond acceptors (Lipinski definition) is 3. The zero-order valence-corrected chi connectivity index (χ0v) is 16.4. The minimum Gasteiger partial charge on any atom is -0.381 e. The van der Waals surface area contributed by atoms with Crippen LogP contribution in [-0.4, -0.2) is 32.2 Å². The molecule has 6 heteroatoms. The van der Waals surface area contributed by atoms with Gasteiger partial charge in [0, 0.05) is 50.2 Å². The monoisotopic (exact) mass is 400 g/mol. The zero-order valence-electron chi connectivity index (χ0n) is 16.4. The van der Waals surface area contributed by atoms with Crippen molar-refractivity contribution in [2.24, 2.45) is 0 Å². The molecule has 2 aliphatic rings. The summed E-state index contributed by atoms with van der Waals surface area (Å²) in [5, 5.41) is 3.03. The molecule has 0 radical (unpaired) electrons. The average molecular weight is 400 g/mol. The van der Waals surface area contributed by atoms with Crippen LogP contribution in [0, 0.1) is 11.6 Å². The lowest BCUT2D eigenvalue weighted by molar-refractivity contribution is -0.130. The van der Waals surface area contributed by atoms with Gasteiger partial charge in [0.05, 0.1) is 5.41 Å². The Kier molecular flexibility index (Phi) is 5.81. The Morgan fingerprint density at radius 1 is 1.07 bits per heavy atom. The van der Waals surface area contributed by atoms with Crippen molar-refractivity contribution in [2.45, 2.75) is 37.6 Å². The summed E-state index contributed by atoms with van der Waals surface area (Å²) in [4.78, 5) is 15.7. The molecule has 2 saturated heterocycles. The summed E-state index contributed by atoms with van der Waals surface area (Å²) in [7, 11) is 0. The maximum atomic E-state index is 14.6. The Morgan fingerprint density at radius 2 is 1.79 bits per heavy atom. The highest BCUT2D eigenvalue weighted by atomic mass is 19.1. The molecule has 2 aromatic rings. The molecule has 4 nitrogen and oxygen atoms in total. The molecule has 0 unspecified atom stereocenters. The molecule has 154 valence electrons. The SMILES string of the molecule is O=C(NCc1ccccc1N1CCCC1)C1(c2ccc(F)cc2F)CCOCC1. The predicted octanol–water partition coefficient (Wildman–Crippen LogP) is 3.93. The van der Waals surface area contributed by atoms with Crippen molar-refractivity contribution >= 4 is 11.6 Å². The van der Waals surface area contributed by atoms with Gasteiger partial charge in [0.15, 0.2) is 0 Å². The van der Waals surface area contributed by atoms with Crippen LogP contribution in [0.1, 0.15) is 36.8 Å². The number of rotatable bonds is 5. The number of hydrogen-bond donors (Lipinski definition) is 1. The summed E-state index contributed by atoms with van der Waals surface area (Å²) in [5.41, 5.74) is 1.38. The molecule has 0 aromatic heterocycles. The minimum absolute atomic E-state index is 0.234. The first-order valence-corrected chi connectivity index (χ1v) is 10.2. The van der Waals surface area contributed by atoms with E-state index in [-0.39, 0.29) is 11.5 Å². The Balaban J connectivity index is 1.57. The molecule has 4 rings (SSSR count). The summed E-state index contributed by atoms with van der Waals surface area (Å²) in [6.45, 7) is 3.15. The van der Waals surface area contributed by atoms with Gasteiger partial charge in [0.25, 0.3) is 0 Å². The highest BCUT2D eigenvalue weighted by Gasteiger charge is 2.43. The van der Waals surface area contributed by atoms with Crippen LogP contribution in [0.25, 0.3) is 0 Å². The van der Waals surface area contributed by atoms with E-state index >= 15 is 0 Å². The number of anilines is 1. The fourth-order valence-electron chi connectivity index (χ4n) is 4.49. The maximum absolute atomic E-state index is 14.6. The molecule has 0 aliphatic carbocycles. The van der Waals surface area contributed by atoms with Crippen LogP contribution in [0.5, 0.6) is 0 Å². The van der Waals surface area contributed by atoms with E-state index in [9.17, 15) is 13.6 Å². The maximum Gasteiger partial charge on any atom is 0.231 e. The normalized spacial score (nSPS) is 18.6. The van der Waals surface area contributed by atoms with Crippen molar-refractivity contribution in [3.05, 3.63) is 65.2 Å². The number of carbonyl (C=O) groups is 1. The molecule has 29 heavy (non-hydrogen) atoms. The van der Waals surface area contributed by atoms with E-state index in [4.69, 9.17) is 4.74 Å². The molecule has 2 aliphatic heterocycles. The number of benzene rings is 2. The second-order valence-electron chi connectivity index (χ2n) is 7.82. The molecule has 2 fully saturated rings. The van der Waals surface area contributed by atoms with Crippen molar-refractivity contribution in [1.82, 2.24) is 5.32 Å². The van der Waals surface area contributed by atoms with Crippen LogP contribution >= 0.6 is 0 Å². The second-order valence-corrected chi connectivity index (χ2v) is 7.82. The topological polar surface area (TPSA) is 41.6 Å². The van der Waals surface area contributed by atoms with Gasteiger partial charge in [0.1, 0.15) is 11.6 Å². The fourth-order valence-corrected chi connectivity index (χ4v) is 4.49. The van der Waals surface area contributed by atoms with E-state index in [1.807, 2.05) is 18.2 Å². The Labute approximate surface area is 169 Å². The van der Waals surface area contributed by atoms with Gasteiger partial charge in [-0.1, -0.05) is 24.3 Å². The number of amides is 1. The van der Waals surface area contributed by atoms with E-state index < -0.39 is 17.0 Å². The van der Waals surface area contributed by atoms with Crippen LogP contribution in [0.15, 0.2) is 42.5 Å². The van der Waals surface area contributed by atoms with Gasteiger partial charge in [-0.3, -0.25) is 4.79 Å². The van der Waals surface area contributed by atoms with Crippen molar-refractivity contribution in [3.8, 4) is 0 Å². The highest BCUT2D eigenvalue weighted by Crippen LogP contribution is 2.37. The molecule has 0 spiro atoms. The summed E-state index contributed by atoms with van der Waals surface area (Å²) >= 11 is 0. The lowest BCUT2D eigenvalue weighted by Gasteiger charge is -2.36. The lowest BCUT2D eigenvalue weighted by atomic mass is 9.73. The molecule has 0 atom stereocenters. The van der Waals surface area contributed by atoms with Gasteiger partial charge < -0.3 is 15.0 Å². The van der Waals surface area contributed by atoms with Crippen LogP contribution in [-0.2, 0) is 21.5 Å². The van der Waals surface area contributed by atoms with Crippen molar-refractivity contribution in [3.63, 3.8) is 0 Å². The van der Waals surface area contributed by atoms with Crippen molar-refractivity contribution in [1.29, 1.82) is 0 Å². The minimum atomic E-state index is -1.04. The molecule has 0 saturated carbocycles. The number of ether oxygens (including phenoxy) is 1. The lowest BCUT2D eigenvalue weighted by Crippen LogP contribution is -2.48. The van der Waals surface area contributed by atoms with Gasteiger partial charge in [-0.05, 0) is 43.4 Å². The summed E-state index contributed by atoms with van der Waals surface area (Å²) in [5.74, 6) is -1.56. The van der Waals surface area contributed by atoms with Gasteiger partial charge in [0.2, 0.25) is 5.91 Å². The van der Waals surface area contributed by atoms with Gasteiger partial charge in [-0.25, -0.2) is 8.78 Å². The van der Waals surface area contributed by atoms with Gasteiger partial charge in [-0.15, -0.1) is 0 Å². The molecule has 2 heterocycles. The fraction of sp³-hybridized carbons (Fsp3) is 0.435. The number of nitrogens with zero attached hydrogens (tertiary/aromatic N) is 1. The van der Waals surface area contributed by atoms with Crippen LogP contribution in [0.4, 0.5) is 14.5 Å². The smallest absolute Gasteiger partial charge is 0.231 e. The number of para-hydroxylation sites is 1. The van der Waals surface area contributed by atoms with Crippen molar-refractivity contribution in [2.75, 3.05) is 31.2 Å². The third kappa shape index (κ3) is 3.99. The Morgan fingerprint density at radius 3 is 2.52 bits per heavy atom. The molecule has 1 N–H and O–H groups in total. The van der Waals surface area contributed by atoms with E-state index in [0.717, 1.165) is 30.4 Å². The summed E-state index contributed by atoms with van der Waals surface area (Å²) in [6, 6.07) is 11.5. The Hall–Kier alpha value is -2.47. The standard InChI is InChI=1S/C23H26F2N2O2/c24-18-7-8-19(20(25)15-18)23(9-13-29-14-10-23)22(28)26-16-17-5-1-2-6-21(17)27-11-3-4-12-27/h1-2,5-8,15H,3-4,9-14,16H2,(H,26,28). The zero-order chi connectivity index (χ0) is 20.3. The number of halogens is 2. The quantitative estimate of drug-likeness (QED) is 0.827. The number of nitrogens with one attached hydrogen (secondary N) is 1. The van der Waals surface area contributed by atoms with Crippen LogP contribution < -0.4 is 10.2 Å². The number of carbonyl (C=O) groups excluding carboxylic acids is 1. The summed E-state index contributed by atoms with van der Waals surface area (Å²) < 4.78 is 33.5. The first-order valence-electron chi connectivity index (χ1n) is 10.2. The van der Waals surface area contributed by atoms with E-state index in [1.54, 1.807) is 0 Å². The van der Waals surface area contributed by atoms with Crippen LogP contribution in [0.2, 0.25) is 0 Å². The highest BCUT2D eigenvalue weighted by molar-refractivity contribution is 5.88. The average Bonchev–Trinajstić information content (AvgIpc) is 3.27. The molecule has 2 aromatic carbocycles. The molecular weight excluding hydrogens is 374 g/mol. The molecular formula is C23H26F2N2O2. The third-order valence-electron chi connectivity index (χ3n) is 6.11. The molecule has 1 amide bonds.